The predicted molar refractivity (Wildman–Crippen MR) is 69.3 cm³/mol. The first kappa shape index (κ1) is 14.5. The summed E-state index contributed by atoms with van der Waals surface area (Å²) in [5, 5.41) is 8.92. The van der Waals surface area contributed by atoms with Crippen molar-refractivity contribution in [1.82, 2.24) is 9.80 Å². The molecular weight excluding hydrogens is 216 g/mol. The first-order valence-electron chi connectivity index (χ1n) is 6.85. The highest BCUT2D eigenvalue weighted by Crippen LogP contribution is 2.19. The summed E-state index contributed by atoms with van der Waals surface area (Å²) in [4.78, 5) is 15.6. The number of carboxylic acid groups (broad SMARTS) is 1. The van der Waals surface area contributed by atoms with Crippen LogP contribution in [-0.4, -0.2) is 59.6 Å². The van der Waals surface area contributed by atoms with Gasteiger partial charge >= 0.3 is 5.97 Å². The van der Waals surface area contributed by atoms with Gasteiger partial charge in [-0.25, -0.2) is 0 Å². The Bertz CT molecular complexity index is 229. The van der Waals surface area contributed by atoms with Crippen molar-refractivity contribution in [2.24, 2.45) is 0 Å². The van der Waals surface area contributed by atoms with Crippen molar-refractivity contribution in [1.29, 1.82) is 0 Å². The highest BCUT2D eigenvalue weighted by atomic mass is 16.4. The number of hydrogen-bond donors (Lipinski definition) is 1. The maximum absolute atomic E-state index is 10.8. The standard InChI is InChI=1S/C13H26N2O2/c1-3-14(4-2)9-10-15-8-6-5-7-12(15)11-13(16)17/h12H,3-11H2,1-2H3,(H,16,17). The van der Waals surface area contributed by atoms with Crippen LogP contribution < -0.4 is 0 Å². The van der Waals surface area contributed by atoms with Crippen LogP contribution in [0, 0.1) is 0 Å². The van der Waals surface area contributed by atoms with Gasteiger partial charge in [0.15, 0.2) is 0 Å². The lowest BCUT2D eigenvalue weighted by molar-refractivity contribution is -0.138. The van der Waals surface area contributed by atoms with Crippen molar-refractivity contribution in [2.45, 2.75) is 45.6 Å². The molecule has 4 heteroatoms. The van der Waals surface area contributed by atoms with Crippen LogP contribution in [0.2, 0.25) is 0 Å². The second kappa shape index (κ2) is 7.67. The van der Waals surface area contributed by atoms with Crippen molar-refractivity contribution in [3.63, 3.8) is 0 Å². The summed E-state index contributed by atoms with van der Waals surface area (Å²) in [7, 11) is 0. The maximum atomic E-state index is 10.8. The fourth-order valence-corrected chi connectivity index (χ4v) is 2.60. The number of likely N-dealkylation sites (tertiary alicyclic amines) is 1. The number of hydrogen-bond acceptors (Lipinski definition) is 3. The molecule has 1 unspecified atom stereocenters. The van der Waals surface area contributed by atoms with Gasteiger partial charge in [-0.3, -0.25) is 9.69 Å². The van der Waals surface area contributed by atoms with E-state index in [1.807, 2.05) is 0 Å². The average molecular weight is 242 g/mol. The van der Waals surface area contributed by atoms with E-state index in [1.165, 1.54) is 12.8 Å². The third-order valence-electron chi connectivity index (χ3n) is 3.76. The molecule has 1 aliphatic heterocycles. The van der Waals surface area contributed by atoms with E-state index in [0.29, 0.717) is 6.42 Å². The molecule has 0 spiro atoms. The van der Waals surface area contributed by atoms with E-state index in [9.17, 15) is 4.79 Å². The summed E-state index contributed by atoms with van der Waals surface area (Å²) in [6.45, 7) is 9.65. The Kier molecular flexibility index (Phi) is 6.52. The van der Waals surface area contributed by atoms with Gasteiger partial charge in [-0.15, -0.1) is 0 Å². The van der Waals surface area contributed by atoms with Crippen LogP contribution in [0.3, 0.4) is 0 Å². The summed E-state index contributed by atoms with van der Waals surface area (Å²) in [6, 6.07) is 0.261. The molecule has 1 fully saturated rings. The number of piperidine rings is 1. The number of aliphatic carboxylic acids is 1. The molecule has 0 amide bonds. The van der Waals surface area contributed by atoms with E-state index >= 15 is 0 Å². The second-order valence-corrected chi connectivity index (χ2v) is 4.81. The Morgan fingerprint density at radius 3 is 2.65 bits per heavy atom. The topological polar surface area (TPSA) is 43.8 Å². The minimum absolute atomic E-state index is 0.261. The van der Waals surface area contributed by atoms with E-state index in [0.717, 1.165) is 39.1 Å². The molecule has 1 saturated heterocycles. The molecule has 0 radical (unpaired) electrons. The molecule has 0 bridgehead atoms. The van der Waals surface area contributed by atoms with E-state index < -0.39 is 5.97 Å². The zero-order chi connectivity index (χ0) is 12.7. The molecule has 1 rings (SSSR count). The van der Waals surface area contributed by atoms with E-state index in [4.69, 9.17) is 5.11 Å². The van der Waals surface area contributed by atoms with E-state index in [1.54, 1.807) is 0 Å². The molecule has 0 saturated carbocycles. The third-order valence-corrected chi connectivity index (χ3v) is 3.76. The number of carboxylic acids is 1. The molecule has 0 aromatic carbocycles. The van der Waals surface area contributed by atoms with Gasteiger partial charge < -0.3 is 10.0 Å². The van der Waals surface area contributed by atoms with Gasteiger partial charge in [0.2, 0.25) is 0 Å². The summed E-state index contributed by atoms with van der Waals surface area (Å²) in [5.41, 5.74) is 0. The number of carbonyl (C=O) groups is 1. The van der Waals surface area contributed by atoms with Gasteiger partial charge in [-0.1, -0.05) is 20.3 Å². The number of rotatable bonds is 7. The van der Waals surface area contributed by atoms with Gasteiger partial charge in [0.05, 0.1) is 6.42 Å². The molecule has 0 aliphatic carbocycles. The van der Waals surface area contributed by atoms with Crippen LogP contribution in [0.25, 0.3) is 0 Å². The molecule has 100 valence electrons. The normalized spacial score (nSPS) is 21.9. The maximum Gasteiger partial charge on any atom is 0.304 e. The van der Waals surface area contributed by atoms with Gasteiger partial charge in [-0.05, 0) is 32.5 Å². The Morgan fingerprint density at radius 2 is 2.06 bits per heavy atom. The minimum atomic E-state index is -0.662. The first-order chi connectivity index (χ1) is 8.17. The Morgan fingerprint density at radius 1 is 1.35 bits per heavy atom. The molecule has 4 nitrogen and oxygen atoms in total. The molecule has 17 heavy (non-hydrogen) atoms. The molecule has 0 aromatic rings. The highest BCUT2D eigenvalue weighted by Gasteiger charge is 2.24. The fraction of sp³-hybridized carbons (Fsp3) is 0.923. The Hall–Kier alpha value is -0.610. The fourth-order valence-electron chi connectivity index (χ4n) is 2.60. The second-order valence-electron chi connectivity index (χ2n) is 4.81. The van der Waals surface area contributed by atoms with Gasteiger partial charge in [0, 0.05) is 19.1 Å². The summed E-state index contributed by atoms with van der Waals surface area (Å²) < 4.78 is 0. The van der Waals surface area contributed by atoms with Crippen LogP contribution in [0.5, 0.6) is 0 Å². The smallest absolute Gasteiger partial charge is 0.304 e. The van der Waals surface area contributed by atoms with E-state index in [2.05, 4.69) is 23.6 Å². The average Bonchev–Trinajstić information content (AvgIpc) is 2.31. The van der Waals surface area contributed by atoms with Crippen molar-refractivity contribution >= 4 is 5.97 Å². The van der Waals surface area contributed by atoms with Crippen LogP contribution in [0.4, 0.5) is 0 Å². The largest absolute Gasteiger partial charge is 0.481 e. The zero-order valence-corrected chi connectivity index (χ0v) is 11.2. The third kappa shape index (κ3) is 5.04. The molecular formula is C13H26N2O2. The van der Waals surface area contributed by atoms with Crippen molar-refractivity contribution in [3.05, 3.63) is 0 Å². The van der Waals surface area contributed by atoms with E-state index in [-0.39, 0.29) is 6.04 Å². The predicted octanol–water partition coefficient (Wildman–Crippen LogP) is 1.66. The van der Waals surface area contributed by atoms with Crippen LogP contribution in [0.15, 0.2) is 0 Å². The van der Waals surface area contributed by atoms with Crippen LogP contribution in [-0.2, 0) is 4.79 Å². The summed E-state index contributed by atoms with van der Waals surface area (Å²) >= 11 is 0. The quantitative estimate of drug-likeness (QED) is 0.737. The lowest BCUT2D eigenvalue weighted by Gasteiger charge is -2.36. The molecule has 1 aliphatic rings. The van der Waals surface area contributed by atoms with Gasteiger partial charge in [0.1, 0.15) is 0 Å². The van der Waals surface area contributed by atoms with Gasteiger partial charge in [-0.2, -0.15) is 0 Å². The minimum Gasteiger partial charge on any atom is -0.481 e. The number of likely N-dealkylation sites (N-methyl/N-ethyl adjacent to an activating group) is 1. The Balaban J connectivity index is 2.39. The summed E-state index contributed by atoms with van der Waals surface area (Å²) in [6.07, 6.45) is 3.75. The van der Waals surface area contributed by atoms with Crippen LogP contribution in [0.1, 0.15) is 39.5 Å². The van der Waals surface area contributed by atoms with Crippen molar-refractivity contribution in [3.8, 4) is 0 Å². The highest BCUT2D eigenvalue weighted by molar-refractivity contribution is 5.67. The number of nitrogens with zero attached hydrogens (tertiary/aromatic N) is 2. The SMILES string of the molecule is CCN(CC)CCN1CCCCC1CC(=O)O. The molecule has 0 aromatic heterocycles. The van der Waals surface area contributed by atoms with Crippen LogP contribution >= 0.6 is 0 Å². The van der Waals surface area contributed by atoms with Crippen molar-refractivity contribution in [2.75, 3.05) is 32.7 Å². The zero-order valence-electron chi connectivity index (χ0n) is 11.2. The van der Waals surface area contributed by atoms with Crippen molar-refractivity contribution < 1.29 is 9.90 Å². The molecule has 1 N–H and O–H groups in total. The molecule has 1 atom stereocenters. The summed E-state index contributed by atoms with van der Waals surface area (Å²) in [5.74, 6) is -0.662. The lowest BCUT2D eigenvalue weighted by Crippen LogP contribution is -2.44. The Labute approximate surface area is 105 Å². The molecule has 1 heterocycles. The first-order valence-corrected chi connectivity index (χ1v) is 6.85. The lowest BCUT2D eigenvalue weighted by atomic mass is 9.99. The van der Waals surface area contributed by atoms with Gasteiger partial charge in [0.25, 0.3) is 0 Å². The monoisotopic (exact) mass is 242 g/mol.